The molecule has 0 saturated carbocycles. The smallest absolute Gasteiger partial charge is 0.319 e. The van der Waals surface area contributed by atoms with Crippen LogP contribution in [0, 0.1) is 6.92 Å². The van der Waals surface area contributed by atoms with Crippen LogP contribution in [-0.2, 0) is 12.3 Å². The average molecular weight is 490 g/mol. The molecule has 9 heteroatoms. The van der Waals surface area contributed by atoms with Gasteiger partial charge in [-0.15, -0.1) is 10.2 Å². The van der Waals surface area contributed by atoms with Gasteiger partial charge in [-0.05, 0) is 61.0 Å². The number of aromatic nitrogens is 3. The lowest BCUT2D eigenvalue weighted by Gasteiger charge is -2.12. The Morgan fingerprint density at radius 3 is 2.40 bits per heavy atom. The molecule has 0 unspecified atom stereocenters. The summed E-state index contributed by atoms with van der Waals surface area (Å²) in [5.41, 5.74) is 3.87. The van der Waals surface area contributed by atoms with Crippen molar-refractivity contribution >= 4 is 23.5 Å². The van der Waals surface area contributed by atoms with Crippen molar-refractivity contribution in [2.75, 3.05) is 19.5 Å². The summed E-state index contributed by atoms with van der Waals surface area (Å²) in [5, 5.41) is 15.2. The SMILES string of the molecule is COc1ccc(NC(=O)NCc2nnc(SCc3cccc(OC)c3)n2-c2ccc(C)cc2)cc1. The zero-order chi connectivity index (χ0) is 24.6. The first kappa shape index (κ1) is 24.2. The monoisotopic (exact) mass is 489 g/mol. The van der Waals surface area contributed by atoms with Gasteiger partial charge in [-0.1, -0.05) is 41.6 Å². The fourth-order valence-electron chi connectivity index (χ4n) is 3.38. The van der Waals surface area contributed by atoms with Crippen LogP contribution in [-0.4, -0.2) is 35.0 Å². The van der Waals surface area contributed by atoms with Crippen LogP contribution in [0.25, 0.3) is 5.69 Å². The van der Waals surface area contributed by atoms with E-state index in [-0.39, 0.29) is 12.6 Å². The predicted octanol–water partition coefficient (Wildman–Crippen LogP) is 5.21. The van der Waals surface area contributed by atoms with Gasteiger partial charge < -0.3 is 20.1 Å². The number of aryl methyl sites for hydroxylation is 1. The Morgan fingerprint density at radius 2 is 1.69 bits per heavy atom. The summed E-state index contributed by atoms with van der Waals surface area (Å²) >= 11 is 1.57. The number of anilines is 1. The van der Waals surface area contributed by atoms with Crippen molar-refractivity contribution in [3.05, 3.63) is 89.7 Å². The highest BCUT2D eigenvalue weighted by molar-refractivity contribution is 7.98. The molecule has 2 N–H and O–H groups in total. The van der Waals surface area contributed by atoms with Crippen LogP contribution in [0.5, 0.6) is 11.5 Å². The quantitative estimate of drug-likeness (QED) is 0.314. The van der Waals surface area contributed by atoms with Crippen molar-refractivity contribution in [2.45, 2.75) is 24.4 Å². The molecule has 35 heavy (non-hydrogen) atoms. The minimum absolute atomic E-state index is 0.211. The van der Waals surface area contributed by atoms with Gasteiger partial charge in [0.1, 0.15) is 11.5 Å². The van der Waals surface area contributed by atoms with Crippen LogP contribution >= 0.6 is 11.8 Å². The van der Waals surface area contributed by atoms with Crippen LogP contribution < -0.4 is 20.1 Å². The molecule has 4 rings (SSSR count). The molecule has 0 aliphatic heterocycles. The molecule has 8 nitrogen and oxygen atoms in total. The maximum absolute atomic E-state index is 12.5. The fraction of sp³-hybridized carbons (Fsp3) is 0.192. The van der Waals surface area contributed by atoms with E-state index in [0.717, 1.165) is 33.5 Å². The second-order valence-electron chi connectivity index (χ2n) is 7.75. The summed E-state index contributed by atoms with van der Waals surface area (Å²) in [4.78, 5) is 12.5. The average Bonchev–Trinajstić information content (AvgIpc) is 3.30. The highest BCUT2D eigenvalue weighted by atomic mass is 32.2. The van der Waals surface area contributed by atoms with Gasteiger partial charge in [0.15, 0.2) is 11.0 Å². The minimum Gasteiger partial charge on any atom is -0.497 e. The van der Waals surface area contributed by atoms with Crippen LogP contribution in [0.4, 0.5) is 10.5 Å². The van der Waals surface area contributed by atoms with Gasteiger partial charge in [0.25, 0.3) is 0 Å². The Hall–Kier alpha value is -3.98. The van der Waals surface area contributed by atoms with E-state index in [1.807, 2.05) is 60.0 Å². The molecule has 0 bridgehead atoms. The number of urea groups is 1. The van der Waals surface area contributed by atoms with E-state index in [2.05, 4.69) is 20.8 Å². The maximum atomic E-state index is 12.5. The third kappa shape index (κ3) is 6.33. The third-order valence-corrected chi connectivity index (χ3v) is 6.25. The number of ether oxygens (including phenoxy) is 2. The normalized spacial score (nSPS) is 10.6. The molecule has 0 atom stereocenters. The van der Waals surface area contributed by atoms with E-state index in [9.17, 15) is 4.79 Å². The summed E-state index contributed by atoms with van der Waals surface area (Å²) in [6.45, 7) is 2.25. The zero-order valence-corrected chi connectivity index (χ0v) is 20.6. The third-order valence-electron chi connectivity index (χ3n) is 5.25. The number of nitrogens with zero attached hydrogens (tertiary/aromatic N) is 3. The molecule has 180 valence electrons. The van der Waals surface area contributed by atoms with Crippen LogP contribution in [0.2, 0.25) is 0 Å². The molecular weight excluding hydrogens is 462 g/mol. The summed E-state index contributed by atoms with van der Waals surface area (Å²) < 4.78 is 12.4. The second-order valence-corrected chi connectivity index (χ2v) is 8.69. The van der Waals surface area contributed by atoms with Gasteiger partial charge in [0.2, 0.25) is 0 Å². The zero-order valence-electron chi connectivity index (χ0n) is 19.8. The molecule has 4 aromatic rings. The van der Waals surface area contributed by atoms with Gasteiger partial charge in [-0.25, -0.2) is 4.79 Å². The van der Waals surface area contributed by atoms with E-state index in [4.69, 9.17) is 9.47 Å². The number of carbonyl (C=O) groups is 1. The Kier molecular flexibility index (Phi) is 7.89. The lowest BCUT2D eigenvalue weighted by molar-refractivity contribution is 0.251. The second kappa shape index (κ2) is 11.4. The maximum Gasteiger partial charge on any atom is 0.319 e. The molecule has 0 aliphatic carbocycles. The largest absolute Gasteiger partial charge is 0.497 e. The Bertz CT molecular complexity index is 1270. The first-order valence-electron chi connectivity index (χ1n) is 11.0. The lowest BCUT2D eigenvalue weighted by atomic mass is 10.2. The standard InChI is InChI=1S/C26H27N5O3S/c1-18-7-11-21(12-8-18)31-24(16-27-25(32)28-20-9-13-22(33-2)14-10-20)29-30-26(31)35-17-19-5-4-6-23(15-19)34-3/h4-15H,16-17H2,1-3H3,(H2,27,28,32). The minimum atomic E-state index is -0.334. The first-order chi connectivity index (χ1) is 17.1. The Labute approximate surface area is 208 Å². The molecule has 0 fully saturated rings. The number of rotatable bonds is 9. The van der Waals surface area contributed by atoms with E-state index in [0.29, 0.717) is 17.3 Å². The predicted molar refractivity (Wildman–Crippen MR) is 138 cm³/mol. The number of benzene rings is 3. The number of amides is 2. The fourth-order valence-corrected chi connectivity index (χ4v) is 4.29. The van der Waals surface area contributed by atoms with Gasteiger partial charge in [-0.2, -0.15) is 0 Å². The van der Waals surface area contributed by atoms with Crippen LogP contribution in [0.1, 0.15) is 17.0 Å². The number of hydrogen-bond acceptors (Lipinski definition) is 6. The van der Waals surface area contributed by atoms with E-state index >= 15 is 0 Å². The molecule has 0 spiro atoms. The number of methoxy groups -OCH3 is 2. The van der Waals surface area contributed by atoms with Gasteiger partial charge in [0.05, 0.1) is 20.8 Å². The summed E-state index contributed by atoms with van der Waals surface area (Å²) in [6, 6.07) is 22.9. The molecule has 0 radical (unpaired) electrons. The molecule has 1 aromatic heterocycles. The Balaban J connectivity index is 1.49. The summed E-state index contributed by atoms with van der Waals surface area (Å²) in [6.07, 6.45) is 0. The van der Waals surface area contributed by atoms with Crippen LogP contribution in [0.3, 0.4) is 0 Å². The molecular formula is C26H27N5O3S. The highest BCUT2D eigenvalue weighted by Crippen LogP contribution is 2.27. The molecule has 1 heterocycles. The van der Waals surface area contributed by atoms with Gasteiger partial charge >= 0.3 is 6.03 Å². The Morgan fingerprint density at radius 1 is 0.943 bits per heavy atom. The van der Waals surface area contributed by atoms with Crippen LogP contribution in [0.15, 0.2) is 78.0 Å². The number of carbonyl (C=O) groups excluding carboxylic acids is 1. The van der Waals surface area contributed by atoms with Crippen molar-refractivity contribution in [1.82, 2.24) is 20.1 Å². The van der Waals surface area contributed by atoms with E-state index in [1.54, 1.807) is 50.2 Å². The van der Waals surface area contributed by atoms with Gasteiger partial charge in [0, 0.05) is 17.1 Å². The number of nitrogens with one attached hydrogen (secondary N) is 2. The van der Waals surface area contributed by atoms with Crippen molar-refractivity contribution in [3.63, 3.8) is 0 Å². The highest BCUT2D eigenvalue weighted by Gasteiger charge is 2.16. The van der Waals surface area contributed by atoms with E-state index < -0.39 is 0 Å². The summed E-state index contributed by atoms with van der Waals surface area (Å²) in [7, 11) is 3.26. The molecule has 2 amide bonds. The molecule has 3 aromatic carbocycles. The first-order valence-corrected chi connectivity index (χ1v) is 12.0. The molecule has 0 saturated heterocycles. The lowest BCUT2D eigenvalue weighted by Crippen LogP contribution is -2.29. The summed E-state index contributed by atoms with van der Waals surface area (Å²) in [5.74, 6) is 2.87. The topological polar surface area (TPSA) is 90.3 Å². The van der Waals surface area contributed by atoms with Crippen molar-refractivity contribution in [3.8, 4) is 17.2 Å². The number of hydrogen-bond donors (Lipinski definition) is 2. The molecule has 0 aliphatic rings. The van der Waals surface area contributed by atoms with Crippen molar-refractivity contribution in [1.29, 1.82) is 0 Å². The number of thioether (sulfide) groups is 1. The van der Waals surface area contributed by atoms with Gasteiger partial charge in [-0.3, -0.25) is 4.57 Å². The van der Waals surface area contributed by atoms with E-state index in [1.165, 1.54) is 0 Å². The van der Waals surface area contributed by atoms with Crippen molar-refractivity contribution in [2.24, 2.45) is 0 Å². The van der Waals surface area contributed by atoms with Crippen molar-refractivity contribution < 1.29 is 14.3 Å².